The van der Waals surface area contributed by atoms with Gasteiger partial charge in [-0.05, 0) is 55.7 Å². The Labute approximate surface area is 230 Å². The summed E-state index contributed by atoms with van der Waals surface area (Å²) >= 11 is 6.42. The van der Waals surface area contributed by atoms with Gasteiger partial charge in [0.05, 0.1) is 10.6 Å². The van der Waals surface area contributed by atoms with Crippen molar-refractivity contribution < 1.29 is 18.0 Å². The Bertz CT molecular complexity index is 1320. The van der Waals surface area contributed by atoms with E-state index in [-0.39, 0.29) is 23.4 Å². The summed E-state index contributed by atoms with van der Waals surface area (Å²) in [6.07, 6.45) is 1.08. The van der Waals surface area contributed by atoms with Crippen molar-refractivity contribution in [1.29, 1.82) is 0 Å². The summed E-state index contributed by atoms with van der Waals surface area (Å²) in [5.74, 6) is -0.807. The zero-order valence-electron chi connectivity index (χ0n) is 21.9. The molecule has 1 N–H and O–H groups in total. The molecule has 0 heterocycles. The van der Waals surface area contributed by atoms with Crippen LogP contribution in [-0.2, 0) is 26.2 Å². The molecule has 0 spiro atoms. The maximum Gasteiger partial charge on any atom is 0.264 e. The van der Waals surface area contributed by atoms with Crippen LogP contribution in [0.3, 0.4) is 0 Å². The number of benzene rings is 3. The number of hydrogen-bond donors (Lipinski definition) is 1. The minimum Gasteiger partial charge on any atom is -0.352 e. The van der Waals surface area contributed by atoms with Crippen molar-refractivity contribution in [3.05, 3.63) is 95.5 Å². The number of rotatable bonds is 12. The van der Waals surface area contributed by atoms with Crippen LogP contribution in [-0.4, -0.2) is 43.8 Å². The number of para-hydroxylation sites is 1. The van der Waals surface area contributed by atoms with Crippen LogP contribution in [0.5, 0.6) is 0 Å². The zero-order valence-corrected chi connectivity index (χ0v) is 23.5. The van der Waals surface area contributed by atoms with Gasteiger partial charge in [0, 0.05) is 17.6 Å². The Morgan fingerprint density at radius 3 is 2.03 bits per heavy atom. The van der Waals surface area contributed by atoms with Gasteiger partial charge in [0.1, 0.15) is 12.6 Å². The van der Waals surface area contributed by atoms with E-state index in [0.717, 1.165) is 10.7 Å². The number of sulfonamides is 1. The van der Waals surface area contributed by atoms with Gasteiger partial charge in [0.2, 0.25) is 11.8 Å². The average Bonchev–Trinajstić information content (AvgIpc) is 2.93. The third kappa shape index (κ3) is 7.14. The van der Waals surface area contributed by atoms with E-state index in [1.54, 1.807) is 72.8 Å². The lowest BCUT2D eigenvalue weighted by molar-refractivity contribution is -0.140. The van der Waals surface area contributed by atoms with Crippen LogP contribution in [0, 0.1) is 0 Å². The first-order valence-electron chi connectivity index (χ1n) is 12.6. The van der Waals surface area contributed by atoms with Crippen molar-refractivity contribution in [2.24, 2.45) is 0 Å². The Balaban J connectivity index is 2.03. The van der Waals surface area contributed by atoms with Gasteiger partial charge in [-0.3, -0.25) is 13.9 Å². The molecule has 3 rings (SSSR count). The van der Waals surface area contributed by atoms with Gasteiger partial charge in [0.25, 0.3) is 10.0 Å². The second-order valence-electron chi connectivity index (χ2n) is 9.02. The predicted molar refractivity (Wildman–Crippen MR) is 151 cm³/mol. The Hall–Kier alpha value is -3.36. The third-order valence-corrected chi connectivity index (χ3v) is 8.50. The lowest BCUT2D eigenvalue weighted by atomic mass is 10.1. The van der Waals surface area contributed by atoms with Crippen LogP contribution in [0.15, 0.2) is 89.8 Å². The number of nitrogens with one attached hydrogen (secondary N) is 1. The lowest BCUT2D eigenvalue weighted by Gasteiger charge is -2.34. The quantitative estimate of drug-likeness (QED) is 0.330. The molecule has 0 saturated heterocycles. The van der Waals surface area contributed by atoms with Gasteiger partial charge in [-0.1, -0.05) is 80.0 Å². The maximum absolute atomic E-state index is 14.0. The van der Waals surface area contributed by atoms with E-state index in [0.29, 0.717) is 22.7 Å². The van der Waals surface area contributed by atoms with Gasteiger partial charge >= 0.3 is 0 Å². The molecule has 0 bridgehead atoms. The number of nitrogens with zero attached hydrogens (tertiary/aromatic N) is 2. The molecule has 0 saturated carbocycles. The predicted octanol–water partition coefficient (Wildman–Crippen LogP) is 5.26. The minimum absolute atomic E-state index is 0.0545. The van der Waals surface area contributed by atoms with Crippen LogP contribution in [0.25, 0.3) is 0 Å². The van der Waals surface area contributed by atoms with Crippen molar-refractivity contribution >= 4 is 39.1 Å². The molecule has 0 aliphatic carbocycles. The molecule has 0 fully saturated rings. The first-order chi connectivity index (χ1) is 18.2. The monoisotopic (exact) mass is 555 g/mol. The number of carbonyl (C=O) groups is 2. The van der Waals surface area contributed by atoms with Gasteiger partial charge in [-0.2, -0.15) is 0 Å². The molecule has 38 heavy (non-hydrogen) atoms. The van der Waals surface area contributed by atoms with Crippen LogP contribution in [0.4, 0.5) is 5.69 Å². The fraction of sp³-hybridized carbons (Fsp3) is 0.310. The van der Waals surface area contributed by atoms with Gasteiger partial charge in [0.15, 0.2) is 0 Å². The van der Waals surface area contributed by atoms with E-state index in [4.69, 9.17) is 11.6 Å². The number of hydrogen-bond acceptors (Lipinski definition) is 4. The molecule has 3 aromatic rings. The van der Waals surface area contributed by atoms with Crippen LogP contribution < -0.4 is 9.62 Å². The van der Waals surface area contributed by atoms with E-state index in [9.17, 15) is 18.0 Å². The van der Waals surface area contributed by atoms with E-state index in [2.05, 4.69) is 5.32 Å². The number of amides is 2. The fourth-order valence-electron chi connectivity index (χ4n) is 4.01. The molecule has 0 aromatic heterocycles. The second kappa shape index (κ2) is 13.4. The summed E-state index contributed by atoms with van der Waals surface area (Å²) in [5.41, 5.74) is 1.01. The van der Waals surface area contributed by atoms with E-state index in [1.807, 2.05) is 20.8 Å². The SMILES string of the molecule is CC[C@H](C)NC(=O)[C@H](CC)N(Cc1ccccc1Cl)C(=O)CN(c1ccccc1)S(=O)(=O)c1ccccc1. The van der Waals surface area contributed by atoms with Crippen molar-refractivity contribution in [3.63, 3.8) is 0 Å². The zero-order chi connectivity index (χ0) is 27.7. The normalized spacial score (nSPS) is 12.8. The van der Waals surface area contributed by atoms with Crippen molar-refractivity contribution in [2.75, 3.05) is 10.8 Å². The highest BCUT2D eigenvalue weighted by Crippen LogP contribution is 2.25. The molecule has 0 radical (unpaired) electrons. The highest BCUT2D eigenvalue weighted by atomic mass is 35.5. The van der Waals surface area contributed by atoms with Gasteiger partial charge < -0.3 is 10.2 Å². The third-order valence-electron chi connectivity index (χ3n) is 6.34. The number of carbonyl (C=O) groups excluding carboxylic acids is 2. The van der Waals surface area contributed by atoms with E-state index >= 15 is 0 Å². The second-order valence-corrected chi connectivity index (χ2v) is 11.3. The van der Waals surface area contributed by atoms with Crippen LogP contribution >= 0.6 is 11.6 Å². The summed E-state index contributed by atoms with van der Waals surface area (Å²) < 4.78 is 28.5. The molecule has 7 nitrogen and oxygen atoms in total. The van der Waals surface area contributed by atoms with Crippen LogP contribution in [0.2, 0.25) is 5.02 Å². The molecule has 2 atom stereocenters. The van der Waals surface area contributed by atoms with Gasteiger partial charge in [-0.15, -0.1) is 0 Å². The van der Waals surface area contributed by atoms with Gasteiger partial charge in [-0.25, -0.2) is 8.42 Å². The van der Waals surface area contributed by atoms with E-state index < -0.39 is 28.5 Å². The summed E-state index contributed by atoms with van der Waals surface area (Å²) in [6, 6.07) is 22.7. The minimum atomic E-state index is -4.08. The van der Waals surface area contributed by atoms with Crippen molar-refractivity contribution in [1.82, 2.24) is 10.2 Å². The van der Waals surface area contributed by atoms with Crippen LogP contribution in [0.1, 0.15) is 39.2 Å². The first-order valence-corrected chi connectivity index (χ1v) is 14.5. The van der Waals surface area contributed by atoms with Crippen molar-refractivity contribution in [2.45, 2.75) is 57.1 Å². The average molecular weight is 556 g/mol. The molecule has 0 unspecified atom stereocenters. The standard InChI is InChI=1S/C29H34ClN3O4S/c1-4-22(3)31-29(35)27(5-2)32(20-23-14-12-13-19-26(23)30)28(34)21-33(24-15-8-6-9-16-24)38(36,37)25-17-10-7-11-18-25/h6-19,22,27H,4-5,20-21H2,1-3H3,(H,31,35)/t22-,27-/m0/s1. The Morgan fingerprint density at radius 2 is 1.45 bits per heavy atom. The molecule has 0 aliphatic rings. The molecule has 0 aliphatic heterocycles. The Morgan fingerprint density at radius 1 is 0.868 bits per heavy atom. The largest absolute Gasteiger partial charge is 0.352 e. The first kappa shape index (κ1) is 29.2. The summed E-state index contributed by atoms with van der Waals surface area (Å²) in [7, 11) is -4.08. The van der Waals surface area contributed by atoms with E-state index in [1.165, 1.54) is 17.0 Å². The highest BCUT2D eigenvalue weighted by Gasteiger charge is 2.34. The topological polar surface area (TPSA) is 86.8 Å². The fourth-order valence-corrected chi connectivity index (χ4v) is 5.64. The molecular formula is C29H34ClN3O4S. The summed E-state index contributed by atoms with van der Waals surface area (Å²) in [5, 5.41) is 3.42. The van der Waals surface area contributed by atoms with Crippen molar-refractivity contribution in [3.8, 4) is 0 Å². The number of anilines is 1. The Kier molecular flexibility index (Phi) is 10.3. The molecule has 9 heteroatoms. The molecule has 3 aromatic carbocycles. The smallest absolute Gasteiger partial charge is 0.264 e. The molecule has 202 valence electrons. The highest BCUT2D eigenvalue weighted by molar-refractivity contribution is 7.92. The number of halogens is 1. The summed E-state index contributed by atoms with van der Waals surface area (Å²) in [4.78, 5) is 28.7. The maximum atomic E-state index is 14.0. The molecule has 2 amide bonds. The lowest BCUT2D eigenvalue weighted by Crippen LogP contribution is -2.53. The summed E-state index contributed by atoms with van der Waals surface area (Å²) in [6.45, 7) is 5.25. The molecular weight excluding hydrogens is 522 g/mol.